The van der Waals surface area contributed by atoms with Crippen LogP contribution < -0.4 is 5.32 Å². The summed E-state index contributed by atoms with van der Waals surface area (Å²) in [5.41, 5.74) is -0.195. The van der Waals surface area contributed by atoms with Gasteiger partial charge in [-0.15, -0.1) is 11.3 Å². The van der Waals surface area contributed by atoms with Gasteiger partial charge in [-0.25, -0.2) is 14.6 Å². The largest absolute Gasteiger partial charge is 0.478 e. The summed E-state index contributed by atoms with van der Waals surface area (Å²) in [7, 11) is 0. The van der Waals surface area contributed by atoms with Crippen molar-refractivity contribution in [2.24, 2.45) is 0 Å². The van der Waals surface area contributed by atoms with Gasteiger partial charge in [-0.1, -0.05) is 6.08 Å². The van der Waals surface area contributed by atoms with E-state index in [-0.39, 0.29) is 5.57 Å². The van der Waals surface area contributed by atoms with E-state index in [0.29, 0.717) is 10.8 Å². The molecule has 7 heteroatoms. The molecule has 0 saturated carbocycles. The molecular formula is C12H16N2O4S. The summed E-state index contributed by atoms with van der Waals surface area (Å²) in [5.74, 6) is -1.06. The molecule has 1 heterocycles. The fourth-order valence-corrected chi connectivity index (χ4v) is 1.92. The summed E-state index contributed by atoms with van der Waals surface area (Å²) in [4.78, 5) is 26.5. The third-order valence-corrected chi connectivity index (χ3v) is 2.66. The Kier molecular flexibility index (Phi) is 4.66. The van der Waals surface area contributed by atoms with Crippen LogP contribution in [-0.2, 0) is 9.53 Å². The number of nitrogens with one attached hydrogen (secondary N) is 1. The Morgan fingerprint density at radius 1 is 1.47 bits per heavy atom. The zero-order valence-corrected chi connectivity index (χ0v) is 12.0. The number of anilines is 1. The van der Waals surface area contributed by atoms with E-state index < -0.39 is 17.7 Å². The number of carbonyl (C=O) groups excluding carboxylic acids is 1. The van der Waals surface area contributed by atoms with Gasteiger partial charge < -0.3 is 9.84 Å². The number of carboxylic acid groups (broad SMARTS) is 1. The molecule has 0 bridgehead atoms. The standard InChI is InChI=1S/C12H16N2O4S/c1-5-7(9(15)16)8-6-19-10(13-8)14-11(17)18-12(2,3)4/h5-6H,1-4H3,(H,15,16)(H,13,14,17)/b7-5-. The molecule has 0 atom stereocenters. The Bertz CT molecular complexity index is 514. The van der Waals surface area contributed by atoms with E-state index in [0.717, 1.165) is 11.3 Å². The van der Waals surface area contributed by atoms with Gasteiger partial charge in [-0.2, -0.15) is 0 Å². The highest BCUT2D eigenvalue weighted by Crippen LogP contribution is 2.22. The number of hydrogen-bond acceptors (Lipinski definition) is 5. The van der Waals surface area contributed by atoms with Crippen LogP contribution in [0.5, 0.6) is 0 Å². The van der Waals surface area contributed by atoms with E-state index in [2.05, 4.69) is 10.3 Å². The van der Waals surface area contributed by atoms with Gasteiger partial charge in [0, 0.05) is 5.38 Å². The molecule has 0 unspecified atom stereocenters. The molecular weight excluding hydrogens is 268 g/mol. The number of allylic oxidation sites excluding steroid dienone is 1. The van der Waals surface area contributed by atoms with Crippen molar-refractivity contribution in [2.75, 3.05) is 5.32 Å². The molecule has 2 N–H and O–H groups in total. The topological polar surface area (TPSA) is 88.5 Å². The van der Waals surface area contributed by atoms with Crippen molar-refractivity contribution in [3.63, 3.8) is 0 Å². The molecule has 0 aliphatic carbocycles. The van der Waals surface area contributed by atoms with Crippen molar-refractivity contribution in [3.05, 3.63) is 17.2 Å². The van der Waals surface area contributed by atoms with Gasteiger partial charge in [-0.3, -0.25) is 5.32 Å². The normalized spacial score (nSPS) is 12.1. The lowest BCUT2D eigenvalue weighted by Gasteiger charge is -2.18. The van der Waals surface area contributed by atoms with Crippen LogP contribution >= 0.6 is 11.3 Å². The summed E-state index contributed by atoms with van der Waals surface area (Å²) in [6.07, 6.45) is 0.833. The lowest BCUT2D eigenvalue weighted by molar-refractivity contribution is -0.130. The molecule has 1 aromatic heterocycles. The highest BCUT2D eigenvalue weighted by molar-refractivity contribution is 7.14. The van der Waals surface area contributed by atoms with Gasteiger partial charge >= 0.3 is 12.1 Å². The smallest absolute Gasteiger partial charge is 0.413 e. The maximum atomic E-state index is 11.5. The minimum absolute atomic E-state index is 0.0912. The second-order valence-electron chi connectivity index (χ2n) is 4.67. The van der Waals surface area contributed by atoms with Crippen molar-refractivity contribution in [3.8, 4) is 0 Å². The first-order valence-electron chi connectivity index (χ1n) is 5.58. The van der Waals surface area contributed by atoms with Crippen LogP contribution in [0, 0.1) is 0 Å². The van der Waals surface area contributed by atoms with Crippen LogP contribution in [0.25, 0.3) is 5.57 Å². The second-order valence-corrected chi connectivity index (χ2v) is 5.53. The highest BCUT2D eigenvalue weighted by atomic mass is 32.1. The van der Waals surface area contributed by atoms with Gasteiger partial charge in [0.1, 0.15) is 5.60 Å². The molecule has 104 valence electrons. The number of rotatable bonds is 3. The number of ether oxygens (including phenoxy) is 1. The van der Waals surface area contributed by atoms with Gasteiger partial charge in [0.15, 0.2) is 5.13 Å². The van der Waals surface area contributed by atoms with Crippen LogP contribution in [0.4, 0.5) is 9.93 Å². The molecule has 0 aliphatic rings. The molecule has 0 aliphatic heterocycles. The lowest BCUT2D eigenvalue weighted by atomic mass is 10.2. The monoisotopic (exact) mass is 284 g/mol. The Hall–Kier alpha value is -1.89. The Morgan fingerprint density at radius 2 is 2.11 bits per heavy atom. The average molecular weight is 284 g/mol. The molecule has 0 fully saturated rings. The van der Waals surface area contributed by atoms with Crippen molar-refractivity contribution >= 4 is 34.1 Å². The molecule has 0 aromatic carbocycles. The lowest BCUT2D eigenvalue weighted by Crippen LogP contribution is -2.27. The zero-order chi connectivity index (χ0) is 14.6. The molecule has 19 heavy (non-hydrogen) atoms. The number of nitrogens with zero attached hydrogens (tertiary/aromatic N) is 1. The van der Waals surface area contributed by atoms with Crippen molar-refractivity contribution in [2.45, 2.75) is 33.3 Å². The van der Waals surface area contributed by atoms with Crippen LogP contribution in [0.3, 0.4) is 0 Å². The minimum Gasteiger partial charge on any atom is -0.478 e. The molecule has 6 nitrogen and oxygen atoms in total. The summed E-state index contributed by atoms with van der Waals surface area (Å²) >= 11 is 1.14. The third-order valence-electron chi connectivity index (χ3n) is 1.91. The van der Waals surface area contributed by atoms with E-state index >= 15 is 0 Å². The number of carboxylic acids is 1. The van der Waals surface area contributed by atoms with Crippen LogP contribution in [0.15, 0.2) is 11.5 Å². The summed E-state index contributed by atoms with van der Waals surface area (Å²) < 4.78 is 5.07. The summed E-state index contributed by atoms with van der Waals surface area (Å²) in [6.45, 7) is 6.87. The molecule has 0 saturated heterocycles. The third kappa shape index (κ3) is 4.70. The Morgan fingerprint density at radius 3 is 2.58 bits per heavy atom. The van der Waals surface area contributed by atoms with Gasteiger partial charge in [-0.05, 0) is 27.7 Å². The number of hydrogen-bond donors (Lipinski definition) is 2. The molecule has 1 amide bonds. The number of aliphatic carboxylic acids is 1. The molecule has 0 spiro atoms. The van der Waals surface area contributed by atoms with Crippen LogP contribution in [-0.4, -0.2) is 27.8 Å². The fraction of sp³-hybridized carbons (Fsp3) is 0.417. The first-order valence-corrected chi connectivity index (χ1v) is 6.46. The van der Waals surface area contributed by atoms with E-state index in [1.165, 1.54) is 6.08 Å². The summed E-state index contributed by atoms with van der Waals surface area (Å²) in [5, 5.41) is 13.3. The second kappa shape index (κ2) is 5.83. The predicted octanol–water partition coefficient (Wildman–Crippen LogP) is 2.98. The van der Waals surface area contributed by atoms with E-state index in [1.54, 1.807) is 33.1 Å². The van der Waals surface area contributed by atoms with Crippen molar-refractivity contribution in [1.29, 1.82) is 0 Å². The Labute approximate surface area is 115 Å². The van der Waals surface area contributed by atoms with Gasteiger partial charge in [0.2, 0.25) is 0 Å². The average Bonchev–Trinajstić information content (AvgIpc) is 2.63. The van der Waals surface area contributed by atoms with Gasteiger partial charge in [0.25, 0.3) is 0 Å². The SMILES string of the molecule is C/C=C(\C(=O)O)c1csc(NC(=O)OC(C)(C)C)n1. The minimum atomic E-state index is -1.06. The number of carbonyl (C=O) groups is 2. The van der Waals surface area contributed by atoms with Crippen LogP contribution in [0.2, 0.25) is 0 Å². The highest BCUT2D eigenvalue weighted by Gasteiger charge is 2.18. The van der Waals surface area contributed by atoms with Crippen molar-refractivity contribution < 1.29 is 19.4 Å². The van der Waals surface area contributed by atoms with Gasteiger partial charge in [0.05, 0.1) is 11.3 Å². The Balaban J connectivity index is 2.76. The first-order chi connectivity index (χ1) is 8.73. The quantitative estimate of drug-likeness (QED) is 0.833. The number of thiazole rings is 1. The van der Waals surface area contributed by atoms with E-state index in [9.17, 15) is 9.59 Å². The zero-order valence-electron chi connectivity index (χ0n) is 11.2. The molecule has 0 radical (unpaired) electrons. The molecule has 1 rings (SSSR count). The van der Waals surface area contributed by atoms with Crippen LogP contribution in [0.1, 0.15) is 33.4 Å². The van der Waals surface area contributed by atoms with E-state index in [1.807, 2.05) is 0 Å². The number of aromatic nitrogens is 1. The summed E-state index contributed by atoms with van der Waals surface area (Å²) in [6, 6.07) is 0. The maximum Gasteiger partial charge on any atom is 0.413 e. The maximum absolute atomic E-state index is 11.5. The molecule has 1 aromatic rings. The fourth-order valence-electron chi connectivity index (χ4n) is 1.23. The van der Waals surface area contributed by atoms with E-state index in [4.69, 9.17) is 9.84 Å². The van der Waals surface area contributed by atoms with Crippen molar-refractivity contribution in [1.82, 2.24) is 4.98 Å². The first kappa shape index (κ1) is 15.2. The predicted molar refractivity (Wildman–Crippen MR) is 73.3 cm³/mol. The number of amides is 1.